The van der Waals surface area contributed by atoms with E-state index >= 15 is 0 Å². The van der Waals surface area contributed by atoms with Crippen LogP contribution in [0.1, 0.15) is 35.6 Å². The molecule has 5 heteroatoms. The molecule has 0 aromatic carbocycles. The molecule has 0 spiro atoms. The summed E-state index contributed by atoms with van der Waals surface area (Å²) in [5, 5.41) is 11.9. The first-order valence-corrected chi connectivity index (χ1v) is 6.24. The maximum atomic E-state index is 12.0. The fraction of sp³-hybridized carbons (Fsp3) is 0.615. The van der Waals surface area contributed by atoms with E-state index in [0.717, 1.165) is 12.8 Å². The van der Waals surface area contributed by atoms with Gasteiger partial charge in [0.2, 0.25) is 0 Å². The number of nitrogens with one attached hydrogen (secondary N) is 1. The Bertz CT molecular complexity index is 397. The van der Waals surface area contributed by atoms with Gasteiger partial charge in [-0.1, -0.05) is 0 Å². The second kappa shape index (κ2) is 6.02. The highest BCUT2D eigenvalue weighted by atomic mass is 16.5. The van der Waals surface area contributed by atoms with E-state index in [0.29, 0.717) is 30.5 Å². The number of rotatable bonds is 7. The minimum atomic E-state index is -0.220. The number of hydrogen-bond donors (Lipinski definition) is 2. The number of furan rings is 1. The van der Waals surface area contributed by atoms with Gasteiger partial charge in [-0.3, -0.25) is 4.79 Å². The summed E-state index contributed by atoms with van der Waals surface area (Å²) in [6.07, 6.45) is 2.85. The molecule has 1 unspecified atom stereocenters. The quantitative estimate of drug-likeness (QED) is 0.768. The fourth-order valence-electron chi connectivity index (χ4n) is 2.02. The standard InChI is InChI=1S/C13H19NO4/c1-17-8-10-4-5-12(18-10)13(16)14-11(6-7-15)9-2-3-9/h4-5,9,11,15H,2-3,6-8H2,1H3,(H,14,16). The van der Waals surface area contributed by atoms with Crippen LogP contribution in [0.4, 0.5) is 0 Å². The van der Waals surface area contributed by atoms with Gasteiger partial charge in [-0.15, -0.1) is 0 Å². The Hall–Kier alpha value is -1.33. The molecule has 1 atom stereocenters. The Labute approximate surface area is 106 Å². The van der Waals surface area contributed by atoms with Crippen molar-refractivity contribution in [3.63, 3.8) is 0 Å². The lowest BCUT2D eigenvalue weighted by Gasteiger charge is -2.15. The van der Waals surface area contributed by atoms with Crippen LogP contribution in [0, 0.1) is 5.92 Å². The lowest BCUT2D eigenvalue weighted by molar-refractivity contribution is 0.0887. The molecule has 2 N–H and O–H groups in total. The fourth-order valence-corrected chi connectivity index (χ4v) is 2.02. The van der Waals surface area contributed by atoms with Gasteiger partial charge in [0, 0.05) is 19.8 Å². The molecule has 0 bridgehead atoms. The van der Waals surface area contributed by atoms with E-state index in [2.05, 4.69) is 5.32 Å². The first-order chi connectivity index (χ1) is 8.74. The molecule has 0 radical (unpaired) electrons. The molecule has 1 fully saturated rings. The summed E-state index contributed by atoms with van der Waals surface area (Å²) in [5.74, 6) is 1.22. The summed E-state index contributed by atoms with van der Waals surface area (Å²) in [4.78, 5) is 12.0. The van der Waals surface area contributed by atoms with Gasteiger partial charge in [0.15, 0.2) is 5.76 Å². The first-order valence-electron chi connectivity index (χ1n) is 6.24. The van der Waals surface area contributed by atoms with Crippen LogP contribution in [0.15, 0.2) is 16.5 Å². The molecule has 1 aliphatic carbocycles. The van der Waals surface area contributed by atoms with E-state index in [1.807, 2.05) is 0 Å². The third-order valence-corrected chi connectivity index (χ3v) is 3.12. The van der Waals surface area contributed by atoms with Gasteiger partial charge in [0.25, 0.3) is 5.91 Å². The molecule has 100 valence electrons. The zero-order valence-electron chi connectivity index (χ0n) is 10.5. The lowest BCUT2D eigenvalue weighted by atomic mass is 10.1. The summed E-state index contributed by atoms with van der Waals surface area (Å²) in [7, 11) is 1.58. The maximum Gasteiger partial charge on any atom is 0.287 e. The van der Waals surface area contributed by atoms with Crippen LogP contribution < -0.4 is 5.32 Å². The number of carbonyl (C=O) groups excluding carboxylic acids is 1. The van der Waals surface area contributed by atoms with Crippen LogP contribution in [0.3, 0.4) is 0 Å². The first kappa shape index (κ1) is 13.1. The van der Waals surface area contributed by atoms with Crippen molar-refractivity contribution in [2.24, 2.45) is 5.92 Å². The summed E-state index contributed by atoms with van der Waals surface area (Å²) >= 11 is 0. The number of amides is 1. The van der Waals surface area contributed by atoms with Crippen molar-refractivity contribution in [2.75, 3.05) is 13.7 Å². The molecule has 1 aromatic rings. The number of aliphatic hydroxyl groups is 1. The van der Waals surface area contributed by atoms with Crippen LogP contribution in [-0.4, -0.2) is 30.8 Å². The van der Waals surface area contributed by atoms with Gasteiger partial charge < -0.3 is 19.6 Å². The zero-order valence-corrected chi connectivity index (χ0v) is 10.5. The molecule has 1 heterocycles. The Morgan fingerprint density at radius 1 is 1.61 bits per heavy atom. The van der Waals surface area contributed by atoms with Crippen molar-refractivity contribution >= 4 is 5.91 Å². The summed E-state index contributed by atoms with van der Waals surface area (Å²) < 4.78 is 10.3. The van der Waals surface area contributed by atoms with Gasteiger partial charge in [0.1, 0.15) is 12.4 Å². The SMILES string of the molecule is COCc1ccc(C(=O)NC(CCO)C2CC2)o1. The third-order valence-electron chi connectivity index (χ3n) is 3.12. The summed E-state index contributed by atoms with van der Waals surface area (Å²) in [6.45, 7) is 0.449. The summed E-state index contributed by atoms with van der Waals surface area (Å²) in [5.41, 5.74) is 0. The van der Waals surface area contributed by atoms with E-state index in [1.165, 1.54) is 0 Å². The Morgan fingerprint density at radius 2 is 2.39 bits per heavy atom. The average molecular weight is 253 g/mol. The van der Waals surface area contributed by atoms with Crippen molar-refractivity contribution in [3.8, 4) is 0 Å². The number of hydrogen-bond acceptors (Lipinski definition) is 4. The molecule has 1 amide bonds. The van der Waals surface area contributed by atoms with Crippen LogP contribution in [0.2, 0.25) is 0 Å². The molecule has 1 aliphatic rings. The molecule has 5 nitrogen and oxygen atoms in total. The molecule has 1 aromatic heterocycles. The van der Waals surface area contributed by atoms with E-state index in [1.54, 1.807) is 19.2 Å². The Kier molecular flexibility index (Phi) is 4.38. The Morgan fingerprint density at radius 3 is 3.00 bits per heavy atom. The minimum absolute atomic E-state index is 0.0541. The monoisotopic (exact) mass is 253 g/mol. The zero-order chi connectivity index (χ0) is 13.0. The van der Waals surface area contributed by atoms with E-state index in [9.17, 15) is 4.79 Å². The second-order valence-corrected chi connectivity index (χ2v) is 4.63. The van der Waals surface area contributed by atoms with Crippen molar-refractivity contribution in [3.05, 3.63) is 23.7 Å². The smallest absolute Gasteiger partial charge is 0.287 e. The summed E-state index contributed by atoms with van der Waals surface area (Å²) in [6, 6.07) is 3.43. The number of methoxy groups -OCH3 is 1. The number of ether oxygens (including phenoxy) is 1. The highest BCUT2D eigenvalue weighted by Gasteiger charge is 2.32. The third kappa shape index (κ3) is 3.34. The van der Waals surface area contributed by atoms with Crippen molar-refractivity contribution in [2.45, 2.75) is 31.9 Å². The molecule has 2 rings (SSSR count). The van der Waals surface area contributed by atoms with Crippen molar-refractivity contribution in [1.29, 1.82) is 0 Å². The van der Waals surface area contributed by atoms with Gasteiger partial charge in [-0.25, -0.2) is 0 Å². The van der Waals surface area contributed by atoms with Crippen molar-refractivity contribution < 1.29 is 19.1 Å². The van der Waals surface area contributed by atoms with E-state index in [-0.39, 0.29) is 18.6 Å². The van der Waals surface area contributed by atoms with Gasteiger partial charge in [0.05, 0.1) is 0 Å². The molecule has 0 aliphatic heterocycles. The lowest BCUT2D eigenvalue weighted by Crippen LogP contribution is -2.36. The molecule has 18 heavy (non-hydrogen) atoms. The number of aliphatic hydroxyl groups excluding tert-OH is 1. The van der Waals surface area contributed by atoms with Crippen LogP contribution in [0.5, 0.6) is 0 Å². The van der Waals surface area contributed by atoms with Crippen LogP contribution in [-0.2, 0) is 11.3 Å². The molecule has 1 saturated carbocycles. The van der Waals surface area contributed by atoms with E-state index in [4.69, 9.17) is 14.3 Å². The van der Waals surface area contributed by atoms with Gasteiger partial charge in [-0.2, -0.15) is 0 Å². The average Bonchev–Trinajstić information content (AvgIpc) is 3.09. The van der Waals surface area contributed by atoms with E-state index < -0.39 is 0 Å². The largest absolute Gasteiger partial charge is 0.453 e. The van der Waals surface area contributed by atoms with Crippen LogP contribution in [0.25, 0.3) is 0 Å². The molecular weight excluding hydrogens is 234 g/mol. The highest BCUT2D eigenvalue weighted by molar-refractivity contribution is 5.91. The second-order valence-electron chi connectivity index (χ2n) is 4.63. The topological polar surface area (TPSA) is 71.7 Å². The Balaban J connectivity index is 1.92. The van der Waals surface area contributed by atoms with Crippen molar-refractivity contribution in [1.82, 2.24) is 5.32 Å². The minimum Gasteiger partial charge on any atom is -0.453 e. The van der Waals surface area contributed by atoms with Gasteiger partial charge in [-0.05, 0) is 37.3 Å². The normalized spacial score (nSPS) is 16.6. The predicted octanol–water partition coefficient (Wildman–Crippen LogP) is 1.32. The highest BCUT2D eigenvalue weighted by Crippen LogP contribution is 2.34. The maximum absolute atomic E-state index is 12.0. The molecular formula is C13H19NO4. The van der Waals surface area contributed by atoms with Crippen LogP contribution >= 0.6 is 0 Å². The predicted molar refractivity (Wildman–Crippen MR) is 65.1 cm³/mol. The number of carbonyl (C=O) groups is 1. The molecule has 0 saturated heterocycles. The van der Waals surface area contributed by atoms with Gasteiger partial charge >= 0.3 is 0 Å².